The fourth-order valence-corrected chi connectivity index (χ4v) is 1.48. The van der Waals surface area contributed by atoms with Crippen LogP contribution < -0.4 is 11.1 Å². The van der Waals surface area contributed by atoms with Gasteiger partial charge in [-0.15, -0.1) is 0 Å². The van der Waals surface area contributed by atoms with Gasteiger partial charge in [0.25, 0.3) is 0 Å². The zero-order valence-electron chi connectivity index (χ0n) is 9.72. The number of alkyl halides is 3. The zero-order valence-corrected chi connectivity index (χ0v) is 9.72. The van der Waals surface area contributed by atoms with Gasteiger partial charge in [0.15, 0.2) is 0 Å². The standard InChI is InChI=1S/C12H14F3N3/c13-12(14,15)5-1-2-6-18-11-4-3-10(17)7-9(11)8-16/h3-4,7,18H,1-2,5-6,17H2. The number of nitrogens with zero attached hydrogens (tertiary/aromatic N) is 1. The monoisotopic (exact) mass is 257 g/mol. The van der Waals surface area contributed by atoms with Gasteiger partial charge in [0.1, 0.15) is 6.07 Å². The van der Waals surface area contributed by atoms with Crippen molar-refractivity contribution in [3.8, 4) is 6.07 Å². The van der Waals surface area contributed by atoms with Gasteiger partial charge in [-0.25, -0.2) is 0 Å². The van der Waals surface area contributed by atoms with Gasteiger partial charge in [0.2, 0.25) is 0 Å². The Balaban J connectivity index is 2.38. The van der Waals surface area contributed by atoms with Gasteiger partial charge >= 0.3 is 6.18 Å². The zero-order chi connectivity index (χ0) is 13.6. The summed E-state index contributed by atoms with van der Waals surface area (Å²) in [5, 5.41) is 11.8. The topological polar surface area (TPSA) is 61.8 Å². The van der Waals surface area contributed by atoms with Crippen molar-refractivity contribution in [2.75, 3.05) is 17.6 Å². The Morgan fingerprint density at radius 2 is 2.00 bits per heavy atom. The van der Waals surface area contributed by atoms with Crippen LogP contribution >= 0.6 is 0 Å². The van der Waals surface area contributed by atoms with E-state index in [2.05, 4.69) is 5.32 Å². The molecular weight excluding hydrogens is 243 g/mol. The van der Waals surface area contributed by atoms with E-state index in [4.69, 9.17) is 11.0 Å². The van der Waals surface area contributed by atoms with Crippen LogP contribution in [0, 0.1) is 11.3 Å². The third-order valence-corrected chi connectivity index (χ3v) is 2.37. The van der Waals surface area contributed by atoms with Crippen LogP contribution in [0.15, 0.2) is 18.2 Å². The number of unbranched alkanes of at least 4 members (excludes halogenated alkanes) is 1. The fourth-order valence-electron chi connectivity index (χ4n) is 1.48. The molecule has 3 nitrogen and oxygen atoms in total. The highest BCUT2D eigenvalue weighted by molar-refractivity contribution is 5.62. The van der Waals surface area contributed by atoms with E-state index in [-0.39, 0.29) is 6.42 Å². The minimum absolute atomic E-state index is 0.0767. The summed E-state index contributed by atoms with van der Waals surface area (Å²) in [6.45, 7) is 0.397. The van der Waals surface area contributed by atoms with Crippen molar-refractivity contribution in [3.63, 3.8) is 0 Å². The molecule has 0 saturated carbocycles. The molecular formula is C12H14F3N3. The molecule has 0 atom stereocenters. The van der Waals surface area contributed by atoms with E-state index in [1.54, 1.807) is 12.1 Å². The number of nitrogen functional groups attached to an aromatic ring is 1. The Kier molecular flexibility index (Phi) is 4.84. The van der Waals surface area contributed by atoms with E-state index >= 15 is 0 Å². The number of hydrogen-bond donors (Lipinski definition) is 2. The normalized spacial score (nSPS) is 11.0. The van der Waals surface area contributed by atoms with Crippen molar-refractivity contribution in [1.29, 1.82) is 5.26 Å². The van der Waals surface area contributed by atoms with Gasteiger partial charge in [-0.05, 0) is 31.0 Å². The fraction of sp³-hybridized carbons (Fsp3) is 0.417. The molecule has 0 saturated heterocycles. The molecule has 0 heterocycles. The molecule has 98 valence electrons. The lowest BCUT2D eigenvalue weighted by atomic mass is 10.1. The Hall–Kier alpha value is -1.90. The molecule has 0 aliphatic heterocycles. The average molecular weight is 257 g/mol. The van der Waals surface area contributed by atoms with E-state index in [9.17, 15) is 13.2 Å². The molecule has 0 spiro atoms. The molecule has 0 aliphatic carbocycles. The first kappa shape index (κ1) is 14.2. The lowest BCUT2D eigenvalue weighted by Crippen LogP contribution is -2.09. The minimum Gasteiger partial charge on any atom is -0.399 e. The van der Waals surface area contributed by atoms with Crippen LogP contribution in [-0.4, -0.2) is 12.7 Å². The van der Waals surface area contributed by atoms with Crippen LogP contribution in [0.25, 0.3) is 0 Å². The molecule has 0 amide bonds. The maximum Gasteiger partial charge on any atom is 0.389 e. The highest BCUT2D eigenvalue weighted by atomic mass is 19.4. The predicted octanol–water partition coefficient (Wildman–Crippen LogP) is 3.28. The summed E-state index contributed by atoms with van der Waals surface area (Å²) in [6.07, 6.45) is -4.40. The van der Waals surface area contributed by atoms with Crippen LogP contribution in [0.1, 0.15) is 24.8 Å². The van der Waals surface area contributed by atoms with Crippen molar-refractivity contribution >= 4 is 11.4 Å². The van der Waals surface area contributed by atoms with Crippen LogP contribution in [0.3, 0.4) is 0 Å². The van der Waals surface area contributed by atoms with Gasteiger partial charge < -0.3 is 11.1 Å². The summed E-state index contributed by atoms with van der Waals surface area (Å²) in [7, 11) is 0. The van der Waals surface area contributed by atoms with Gasteiger partial charge in [0, 0.05) is 18.7 Å². The summed E-state index contributed by atoms with van der Waals surface area (Å²) in [5.41, 5.74) is 6.99. The minimum atomic E-state index is -4.10. The molecule has 0 fully saturated rings. The Labute approximate surface area is 103 Å². The molecule has 6 heteroatoms. The van der Waals surface area contributed by atoms with Crippen molar-refractivity contribution in [2.45, 2.75) is 25.4 Å². The Morgan fingerprint density at radius 1 is 1.28 bits per heavy atom. The number of nitriles is 1. The summed E-state index contributed by atoms with van der Waals surface area (Å²) in [5.74, 6) is 0. The average Bonchev–Trinajstić information content (AvgIpc) is 2.28. The molecule has 18 heavy (non-hydrogen) atoms. The first-order valence-corrected chi connectivity index (χ1v) is 5.52. The molecule has 0 bridgehead atoms. The number of benzene rings is 1. The van der Waals surface area contributed by atoms with E-state index < -0.39 is 12.6 Å². The largest absolute Gasteiger partial charge is 0.399 e. The predicted molar refractivity (Wildman–Crippen MR) is 64.0 cm³/mol. The maximum absolute atomic E-state index is 11.9. The lowest BCUT2D eigenvalue weighted by molar-refractivity contribution is -0.135. The molecule has 1 aromatic rings. The van der Waals surface area contributed by atoms with Crippen LogP contribution in [-0.2, 0) is 0 Å². The second-order valence-corrected chi connectivity index (χ2v) is 3.92. The smallest absolute Gasteiger partial charge is 0.389 e. The molecule has 0 aliphatic rings. The van der Waals surface area contributed by atoms with Crippen LogP contribution in [0.4, 0.5) is 24.5 Å². The molecule has 3 N–H and O–H groups in total. The number of hydrogen-bond acceptors (Lipinski definition) is 3. The second kappa shape index (κ2) is 6.15. The number of anilines is 2. The lowest BCUT2D eigenvalue weighted by Gasteiger charge is -2.09. The number of nitrogens with two attached hydrogens (primary N) is 1. The highest BCUT2D eigenvalue weighted by Gasteiger charge is 2.25. The Bertz CT molecular complexity index is 435. The Morgan fingerprint density at radius 3 is 2.61 bits per heavy atom. The van der Waals surface area contributed by atoms with E-state index in [1.165, 1.54) is 6.07 Å². The molecule has 0 radical (unpaired) electrons. The van der Waals surface area contributed by atoms with Gasteiger partial charge in [-0.1, -0.05) is 0 Å². The van der Waals surface area contributed by atoms with Crippen molar-refractivity contribution in [2.24, 2.45) is 0 Å². The van der Waals surface area contributed by atoms with Gasteiger partial charge in [0.05, 0.1) is 11.3 Å². The van der Waals surface area contributed by atoms with Crippen molar-refractivity contribution in [1.82, 2.24) is 0 Å². The summed E-state index contributed by atoms with van der Waals surface area (Å²) < 4.78 is 35.7. The highest BCUT2D eigenvalue weighted by Crippen LogP contribution is 2.22. The molecule has 0 unspecified atom stereocenters. The van der Waals surface area contributed by atoms with Crippen LogP contribution in [0.2, 0.25) is 0 Å². The SMILES string of the molecule is N#Cc1cc(N)ccc1NCCCCC(F)(F)F. The first-order valence-electron chi connectivity index (χ1n) is 5.52. The van der Waals surface area contributed by atoms with Crippen molar-refractivity contribution < 1.29 is 13.2 Å². The summed E-state index contributed by atoms with van der Waals surface area (Å²) >= 11 is 0. The molecule has 1 rings (SSSR count). The number of nitrogens with one attached hydrogen (secondary N) is 1. The number of rotatable bonds is 5. The van der Waals surface area contributed by atoms with Crippen LogP contribution in [0.5, 0.6) is 0 Å². The molecule has 1 aromatic carbocycles. The quantitative estimate of drug-likeness (QED) is 0.628. The van der Waals surface area contributed by atoms with E-state index in [1.807, 2.05) is 6.07 Å². The van der Waals surface area contributed by atoms with Gasteiger partial charge in [-0.2, -0.15) is 18.4 Å². The summed E-state index contributed by atoms with van der Waals surface area (Å²) in [4.78, 5) is 0. The third kappa shape index (κ3) is 4.95. The number of halogens is 3. The summed E-state index contributed by atoms with van der Waals surface area (Å²) in [6, 6.07) is 6.79. The maximum atomic E-state index is 11.9. The third-order valence-electron chi connectivity index (χ3n) is 2.37. The van der Waals surface area contributed by atoms with Gasteiger partial charge in [-0.3, -0.25) is 0 Å². The van der Waals surface area contributed by atoms with E-state index in [0.717, 1.165) is 0 Å². The van der Waals surface area contributed by atoms with Crippen molar-refractivity contribution in [3.05, 3.63) is 23.8 Å². The van der Waals surface area contributed by atoms with E-state index in [0.29, 0.717) is 29.9 Å². The molecule has 0 aromatic heterocycles. The first-order chi connectivity index (χ1) is 8.42. The second-order valence-electron chi connectivity index (χ2n) is 3.92.